The average molecular weight is 250 g/mol. The number of H-pyrrole nitrogens is 1. The van der Waals surface area contributed by atoms with Crippen LogP contribution in [0.4, 0.5) is 0 Å². The summed E-state index contributed by atoms with van der Waals surface area (Å²) in [5.41, 5.74) is 0. The summed E-state index contributed by atoms with van der Waals surface area (Å²) >= 11 is 0. The van der Waals surface area contributed by atoms with Crippen LogP contribution in [-0.4, -0.2) is 27.1 Å². The quantitative estimate of drug-likeness (QED) is 0.861. The smallest absolute Gasteiger partial charge is 0.291 e. The maximum atomic E-state index is 12.0. The molecule has 0 spiro atoms. The zero-order valence-electron chi connectivity index (χ0n) is 11.4. The lowest BCUT2D eigenvalue weighted by atomic mass is 9.78. The second kappa shape index (κ2) is 5.50. The highest BCUT2D eigenvalue weighted by Gasteiger charge is 2.29. The van der Waals surface area contributed by atoms with E-state index in [1.807, 2.05) is 6.92 Å². The van der Waals surface area contributed by atoms with E-state index in [-0.39, 0.29) is 17.8 Å². The van der Waals surface area contributed by atoms with Gasteiger partial charge in [-0.2, -0.15) is 0 Å². The monoisotopic (exact) mass is 250 g/mol. The normalized spacial score (nSPS) is 28.1. The minimum absolute atomic E-state index is 0.156. The Balaban J connectivity index is 1.98. The summed E-state index contributed by atoms with van der Waals surface area (Å²) in [4.78, 5) is 16.2. The Bertz CT molecular complexity index is 415. The van der Waals surface area contributed by atoms with Gasteiger partial charge in [-0.3, -0.25) is 9.89 Å². The molecule has 100 valence electrons. The van der Waals surface area contributed by atoms with E-state index >= 15 is 0 Å². The maximum absolute atomic E-state index is 12.0. The number of aromatic nitrogens is 3. The van der Waals surface area contributed by atoms with E-state index in [0.717, 1.165) is 18.7 Å². The first-order valence-electron chi connectivity index (χ1n) is 6.84. The summed E-state index contributed by atoms with van der Waals surface area (Å²) in [6, 6.07) is 0.254. The molecule has 1 aromatic rings. The fourth-order valence-electron chi connectivity index (χ4n) is 2.57. The van der Waals surface area contributed by atoms with Crippen molar-refractivity contribution in [1.29, 1.82) is 0 Å². The molecule has 2 rings (SSSR count). The van der Waals surface area contributed by atoms with E-state index < -0.39 is 0 Å². The van der Waals surface area contributed by atoms with Gasteiger partial charge in [0, 0.05) is 12.5 Å². The van der Waals surface area contributed by atoms with Crippen LogP contribution >= 0.6 is 0 Å². The van der Waals surface area contributed by atoms with Gasteiger partial charge in [0.2, 0.25) is 5.82 Å². The third-order valence-electron chi connectivity index (χ3n) is 4.09. The van der Waals surface area contributed by atoms with Crippen LogP contribution in [0.2, 0.25) is 0 Å². The van der Waals surface area contributed by atoms with E-state index in [1.54, 1.807) is 0 Å². The van der Waals surface area contributed by atoms with Gasteiger partial charge in [-0.05, 0) is 18.3 Å². The van der Waals surface area contributed by atoms with E-state index in [0.29, 0.717) is 11.8 Å². The topological polar surface area (TPSA) is 70.7 Å². The van der Waals surface area contributed by atoms with Crippen LogP contribution in [0.3, 0.4) is 0 Å². The fourth-order valence-corrected chi connectivity index (χ4v) is 2.57. The van der Waals surface area contributed by atoms with Crippen LogP contribution in [0.25, 0.3) is 0 Å². The van der Waals surface area contributed by atoms with Gasteiger partial charge < -0.3 is 5.32 Å². The molecule has 0 saturated heterocycles. The first-order chi connectivity index (χ1) is 8.61. The molecule has 18 heavy (non-hydrogen) atoms. The van der Waals surface area contributed by atoms with Crippen LogP contribution in [-0.2, 0) is 6.42 Å². The van der Waals surface area contributed by atoms with Crippen LogP contribution in [0.1, 0.15) is 56.5 Å². The molecule has 1 amide bonds. The van der Waals surface area contributed by atoms with Crippen molar-refractivity contribution in [3.05, 3.63) is 11.6 Å². The Kier molecular flexibility index (Phi) is 3.99. The number of nitrogens with one attached hydrogen (secondary N) is 2. The van der Waals surface area contributed by atoms with Crippen LogP contribution in [0.15, 0.2) is 0 Å². The highest BCUT2D eigenvalue weighted by molar-refractivity contribution is 5.90. The van der Waals surface area contributed by atoms with Gasteiger partial charge >= 0.3 is 0 Å². The molecule has 0 radical (unpaired) electrons. The lowest BCUT2D eigenvalue weighted by molar-refractivity contribution is 0.0881. The molecule has 0 bridgehead atoms. The molecule has 3 unspecified atom stereocenters. The zero-order valence-corrected chi connectivity index (χ0v) is 11.4. The van der Waals surface area contributed by atoms with Gasteiger partial charge in [-0.15, -0.1) is 5.10 Å². The molecule has 1 aliphatic rings. The van der Waals surface area contributed by atoms with Crippen molar-refractivity contribution in [3.63, 3.8) is 0 Å². The van der Waals surface area contributed by atoms with E-state index in [9.17, 15) is 4.79 Å². The SMILES string of the molecule is CCc1nc(C(=O)NC2CCCC(C)C2C)n[nH]1. The number of nitrogens with zero attached hydrogens (tertiary/aromatic N) is 2. The molecule has 5 heteroatoms. The number of aryl methyl sites for hydroxylation is 1. The Morgan fingerprint density at radius 3 is 2.89 bits per heavy atom. The van der Waals surface area contributed by atoms with Crippen molar-refractivity contribution < 1.29 is 4.79 Å². The molecule has 2 N–H and O–H groups in total. The van der Waals surface area contributed by atoms with Crippen LogP contribution in [0.5, 0.6) is 0 Å². The molecule has 1 aromatic heterocycles. The van der Waals surface area contributed by atoms with Crippen molar-refractivity contribution >= 4 is 5.91 Å². The highest BCUT2D eigenvalue weighted by atomic mass is 16.2. The van der Waals surface area contributed by atoms with E-state index in [1.165, 1.54) is 12.8 Å². The molecule has 1 aliphatic carbocycles. The van der Waals surface area contributed by atoms with Gasteiger partial charge in [0.1, 0.15) is 5.82 Å². The molecular weight excluding hydrogens is 228 g/mol. The predicted molar refractivity (Wildman–Crippen MR) is 69.2 cm³/mol. The predicted octanol–water partition coefficient (Wildman–Crippen LogP) is 1.92. The average Bonchev–Trinajstić information content (AvgIpc) is 2.83. The number of rotatable bonds is 3. The second-order valence-electron chi connectivity index (χ2n) is 5.31. The second-order valence-corrected chi connectivity index (χ2v) is 5.31. The van der Waals surface area contributed by atoms with Gasteiger partial charge in [0.05, 0.1) is 0 Å². The first kappa shape index (κ1) is 13.1. The first-order valence-corrected chi connectivity index (χ1v) is 6.84. The third-order valence-corrected chi connectivity index (χ3v) is 4.09. The van der Waals surface area contributed by atoms with Crippen molar-refractivity contribution in [2.75, 3.05) is 0 Å². The number of hydrogen-bond acceptors (Lipinski definition) is 3. The standard InChI is InChI=1S/C13H22N4O/c1-4-11-15-12(17-16-11)13(18)14-10-7-5-6-8(2)9(10)3/h8-10H,4-7H2,1-3H3,(H,14,18)(H,15,16,17). The number of amides is 1. The summed E-state index contributed by atoms with van der Waals surface area (Å²) in [5.74, 6) is 2.05. The minimum atomic E-state index is -0.156. The summed E-state index contributed by atoms with van der Waals surface area (Å²) in [5, 5.41) is 9.79. The van der Waals surface area contributed by atoms with Crippen LogP contribution in [0, 0.1) is 11.8 Å². The van der Waals surface area contributed by atoms with Crippen molar-refractivity contribution in [2.45, 2.75) is 52.5 Å². The fraction of sp³-hybridized carbons (Fsp3) is 0.769. The van der Waals surface area contributed by atoms with Gasteiger partial charge in [0.15, 0.2) is 0 Å². The molecule has 1 saturated carbocycles. The molecule has 1 fully saturated rings. The van der Waals surface area contributed by atoms with Crippen LogP contribution < -0.4 is 5.32 Å². The molecule has 5 nitrogen and oxygen atoms in total. The molecule has 0 aromatic carbocycles. The van der Waals surface area contributed by atoms with E-state index in [4.69, 9.17) is 0 Å². The number of carbonyl (C=O) groups excluding carboxylic acids is 1. The zero-order chi connectivity index (χ0) is 13.1. The Morgan fingerprint density at radius 2 is 2.22 bits per heavy atom. The maximum Gasteiger partial charge on any atom is 0.291 e. The van der Waals surface area contributed by atoms with Gasteiger partial charge in [-0.1, -0.05) is 33.6 Å². The number of aromatic amines is 1. The van der Waals surface area contributed by atoms with Gasteiger partial charge in [-0.25, -0.2) is 4.98 Å². The molecular formula is C13H22N4O. The summed E-state index contributed by atoms with van der Waals surface area (Å²) in [6.07, 6.45) is 4.26. The lowest BCUT2D eigenvalue weighted by Gasteiger charge is -2.34. The minimum Gasteiger partial charge on any atom is -0.346 e. The summed E-state index contributed by atoms with van der Waals surface area (Å²) < 4.78 is 0. The van der Waals surface area contributed by atoms with Crippen molar-refractivity contribution in [2.24, 2.45) is 11.8 Å². The lowest BCUT2D eigenvalue weighted by Crippen LogP contribution is -2.44. The Morgan fingerprint density at radius 1 is 1.44 bits per heavy atom. The largest absolute Gasteiger partial charge is 0.346 e. The molecule has 1 heterocycles. The Hall–Kier alpha value is -1.39. The summed E-state index contributed by atoms with van der Waals surface area (Å²) in [6.45, 7) is 6.45. The summed E-state index contributed by atoms with van der Waals surface area (Å²) in [7, 11) is 0. The van der Waals surface area contributed by atoms with E-state index in [2.05, 4.69) is 34.3 Å². The number of hydrogen-bond donors (Lipinski definition) is 2. The van der Waals surface area contributed by atoms with Gasteiger partial charge in [0.25, 0.3) is 5.91 Å². The van der Waals surface area contributed by atoms with Crippen molar-refractivity contribution in [1.82, 2.24) is 20.5 Å². The third kappa shape index (κ3) is 2.71. The van der Waals surface area contributed by atoms with Crippen molar-refractivity contribution in [3.8, 4) is 0 Å². The number of carbonyl (C=O) groups is 1. The Labute approximate surface area is 108 Å². The molecule has 0 aliphatic heterocycles. The molecule has 3 atom stereocenters. The highest BCUT2D eigenvalue weighted by Crippen LogP contribution is 2.29.